The fourth-order valence-electron chi connectivity index (χ4n) is 3.81. The van der Waals surface area contributed by atoms with Gasteiger partial charge in [-0.05, 0) is 55.9 Å². The minimum atomic E-state index is 0.0268. The molecular weight excluding hydrogens is 356 g/mol. The van der Waals surface area contributed by atoms with Gasteiger partial charge in [-0.25, -0.2) is 0 Å². The zero-order valence-corrected chi connectivity index (χ0v) is 16.3. The number of amides is 1. The number of aryl methyl sites for hydroxylation is 1. The third kappa shape index (κ3) is 3.57. The van der Waals surface area contributed by atoms with Crippen LogP contribution in [0, 0.1) is 0 Å². The van der Waals surface area contributed by atoms with Gasteiger partial charge in [-0.1, -0.05) is 48.0 Å². The molecule has 0 saturated heterocycles. The van der Waals surface area contributed by atoms with E-state index in [2.05, 4.69) is 0 Å². The number of pyridine rings is 1. The zero-order chi connectivity index (χ0) is 18.8. The first kappa shape index (κ1) is 18.0. The lowest BCUT2D eigenvalue weighted by Gasteiger charge is -2.22. The van der Waals surface area contributed by atoms with Crippen molar-refractivity contribution in [3.8, 4) is 0 Å². The molecule has 1 heterocycles. The Morgan fingerprint density at radius 3 is 2.67 bits per heavy atom. The lowest BCUT2D eigenvalue weighted by Crippen LogP contribution is -2.30. The molecule has 3 aromatic rings. The molecule has 138 valence electrons. The molecule has 0 aliphatic heterocycles. The van der Waals surface area contributed by atoms with Crippen molar-refractivity contribution in [2.24, 2.45) is 0 Å². The summed E-state index contributed by atoms with van der Waals surface area (Å²) in [5.41, 5.74) is 4.90. The maximum Gasteiger partial charge on any atom is 0.254 e. The summed E-state index contributed by atoms with van der Waals surface area (Å²) < 4.78 is 0. The number of rotatable bonds is 4. The molecule has 0 fully saturated rings. The topological polar surface area (TPSA) is 33.2 Å². The van der Waals surface area contributed by atoms with Gasteiger partial charge >= 0.3 is 0 Å². The maximum absolute atomic E-state index is 13.1. The van der Waals surface area contributed by atoms with Crippen molar-refractivity contribution in [2.45, 2.75) is 39.2 Å². The van der Waals surface area contributed by atoms with Crippen LogP contribution in [0.5, 0.6) is 0 Å². The number of aromatic nitrogens is 1. The Labute approximate surface area is 165 Å². The van der Waals surface area contributed by atoms with E-state index >= 15 is 0 Å². The highest BCUT2D eigenvalue weighted by atomic mass is 35.5. The van der Waals surface area contributed by atoms with E-state index in [1.54, 1.807) is 0 Å². The molecule has 2 aromatic carbocycles. The van der Waals surface area contributed by atoms with Gasteiger partial charge in [0.05, 0.1) is 10.5 Å². The molecule has 0 radical (unpaired) electrons. The molecule has 4 heteroatoms. The van der Waals surface area contributed by atoms with Crippen LogP contribution in [0.2, 0.25) is 5.02 Å². The number of fused-ring (bicyclic) bond motifs is 2. The van der Waals surface area contributed by atoms with Gasteiger partial charge in [-0.2, -0.15) is 0 Å². The van der Waals surface area contributed by atoms with Gasteiger partial charge in [-0.15, -0.1) is 0 Å². The SMILES string of the molecule is CCN(Cc1ccccc1)C(=O)c1ccc2c(Cl)c3c(nc2c1)CCCC3. The van der Waals surface area contributed by atoms with Crippen molar-refractivity contribution < 1.29 is 4.79 Å². The van der Waals surface area contributed by atoms with E-state index in [1.165, 1.54) is 12.0 Å². The first-order valence-corrected chi connectivity index (χ1v) is 9.99. The van der Waals surface area contributed by atoms with Crippen LogP contribution >= 0.6 is 11.6 Å². The van der Waals surface area contributed by atoms with Gasteiger partial charge in [0, 0.05) is 29.7 Å². The molecule has 0 N–H and O–H groups in total. The lowest BCUT2D eigenvalue weighted by molar-refractivity contribution is 0.0752. The standard InChI is InChI=1S/C23H23ClN2O/c1-2-26(15-16-8-4-3-5-9-16)23(27)17-12-13-19-21(14-17)25-20-11-7-6-10-18(20)22(19)24/h3-5,8-9,12-14H,2,6-7,10-11,15H2,1H3. The van der Waals surface area contributed by atoms with E-state index in [0.29, 0.717) is 18.7 Å². The summed E-state index contributed by atoms with van der Waals surface area (Å²) in [6, 6.07) is 15.8. The molecule has 4 rings (SSSR count). The Balaban J connectivity index is 1.67. The Morgan fingerprint density at radius 1 is 1.11 bits per heavy atom. The summed E-state index contributed by atoms with van der Waals surface area (Å²) in [4.78, 5) is 19.8. The van der Waals surface area contributed by atoms with Crippen LogP contribution < -0.4 is 0 Å². The van der Waals surface area contributed by atoms with Crippen LogP contribution in [-0.4, -0.2) is 22.3 Å². The summed E-state index contributed by atoms with van der Waals surface area (Å²) in [6.45, 7) is 3.27. The zero-order valence-electron chi connectivity index (χ0n) is 15.5. The van der Waals surface area contributed by atoms with E-state index in [0.717, 1.165) is 46.4 Å². The van der Waals surface area contributed by atoms with Crippen molar-refractivity contribution in [1.29, 1.82) is 0 Å². The van der Waals surface area contributed by atoms with Crippen LogP contribution in [0.4, 0.5) is 0 Å². The highest BCUT2D eigenvalue weighted by molar-refractivity contribution is 6.36. The Hall–Kier alpha value is -2.39. The van der Waals surface area contributed by atoms with Gasteiger partial charge < -0.3 is 4.90 Å². The molecule has 0 bridgehead atoms. The van der Waals surface area contributed by atoms with E-state index in [9.17, 15) is 4.79 Å². The number of hydrogen-bond acceptors (Lipinski definition) is 2. The second-order valence-electron chi connectivity index (χ2n) is 7.09. The first-order valence-electron chi connectivity index (χ1n) is 9.61. The summed E-state index contributed by atoms with van der Waals surface area (Å²) >= 11 is 6.65. The highest BCUT2D eigenvalue weighted by Gasteiger charge is 2.19. The fraction of sp³-hybridized carbons (Fsp3) is 0.304. The van der Waals surface area contributed by atoms with Crippen molar-refractivity contribution in [3.05, 3.63) is 75.9 Å². The first-order chi connectivity index (χ1) is 13.2. The Kier molecular flexibility index (Phi) is 5.13. The van der Waals surface area contributed by atoms with Gasteiger partial charge in [0.2, 0.25) is 0 Å². The van der Waals surface area contributed by atoms with Gasteiger partial charge in [0.15, 0.2) is 0 Å². The predicted octanol–water partition coefficient (Wildman–Crippen LogP) is 5.43. The Bertz CT molecular complexity index is 985. The molecule has 1 amide bonds. The van der Waals surface area contributed by atoms with Crippen molar-refractivity contribution >= 4 is 28.4 Å². The number of nitrogens with zero attached hydrogens (tertiary/aromatic N) is 2. The van der Waals surface area contributed by atoms with Crippen molar-refractivity contribution in [1.82, 2.24) is 9.88 Å². The number of halogens is 1. The van der Waals surface area contributed by atoms with Crippen molar-refractivity contribution in [2.75, 3.05) is 6.54 Å². The predicted molar refractivity (Wildman–Crippen MR) is 110 cm³/mol. The molecule has 3 nitrogen and oxygen atoms in total. The second kappa shape index (κ2) is 7.69. The molecule has 1 aromatic heterocycles. The largest absolute Gasteiger partial charge is 0.335 e. The van der Waals surface area contributed by atoms with Crippen LogP contribution in [0.25, 0.3) is 10.9 Å². The summed E-state index contributed by atoms with van der Waals surface area (Å²) in [5, 5.41) is 1.75. The van der Waals surface area contributed by atoms with Crippen LogP contribution in [-0.2, 0) is 19.4 Å². The quantitative estimate of drug-likeness (QED) is 0.606. The Morgan fingerprint density at radius 2 is 1.89 bits per heavy atom. The number of hydrogen-bond donors (Lipinski definition) is 0. The van der Waals surface area contributed by atoms with E-state index in [1.807, 2.05) is 60.4 Å². The maximum atomic E-state index is 13.1. The molecule has 0 saturated carbocycles. The highest BCUT2D eigenvalue weighted by Crippen LogP contribution is 2.33. The third-order valence-electron chi connectivity index (χ3n) is 5.33. The van der Waals surface area contributed by atoms with Gasteiger partial charge in [0.1, 0.15) is 0 Å². The second-order valence-corrected chi connectivity index (χ2v) is 7.47. The molecule has 1 aliphatic carbocycles. The molecular formula is C23H23ClN2O. The monoisotopic (exact) mass is 378 g/mol. The minimum absolute atomic E-state index is 0.0268. The summed E-state index contributed by atoms with van der Waals surface area (Å²) in [7, 11) is 0. The summed E-state index contributed by atoms with van der Waals surface area (Å²) in [5.74, 6) is 0.0268. The van der Waals surface area contributed by atoms with E-state index in [-0.39, 0.29) is 5.91 Å². The van der Waals surface area contributed by atoms with Crippen LogP contribution in [0.15, 0.2) is 48.5 Å². The molecule has 0 unspecified atom stereocenters. The molecule has 1 aliphatic rings. The van der Waals surface area contributed by atoms with Gasteiger partial charge in [0.25, 0.3) is 5.91 Å². The summed E-state index contributed by atoms with van der Waals surface area (Å²) in [6.07, 6.45) is 4.29. The number of benzene rings is 2. The number of carbonyl (C=O) groups is 1. The smallest absolute Gasteiger partial charge is 0.254 e. The third-order valence-corrected chi connectivity index (χ3v) is 5.76. The van der Waals surface area contributed by atoms with Crippen LogP contribution in [0.3, 0.4) is 0 Å². The average molecular weight is 379 g/mol. The fourth-order valence-corrected chi connectivity index (χ4v) is 4.18. The molecule has 0 spiro atoms. The minimum Gasteiger partial charge on any atom is -0.335 e. The van der Waals surface area contributed by atoms with Crippen molar-refractivity contribution in [3.63, 3.8) is 0 Å². The normalized spacial score (nSPS) is 13.4. The van der Waals surface area contributed by atoms with E-state index in [4.69, 9.17) is 16.6 Å². The lowest BCUT2D eigenvalue weighted by atomic mass is 9.94. The van der Waals surface area contributed by atoms with Crippen LogP contribution in [0.1, 0.15) is 46.9 Å². The number of carbonyl (C=O) groups excluding carboxylic acids is 1. The van der Waals surface area contributed by atoms with E-state index < -0.39 is 0 Å². The molecule has 0 atom stereocenters. The molecule has 27 heavy (non-hydrogen) atoms. The average Bonchev–Trinajstić information content (AvgIpc) is 2.72. The van der Waals surface area contributed by atoms with Gasteiger partial charge in [-0.3, -0.25) is 9.78 Å².